The maximum atomic E-state index is 12.7. The average Bonchev–Trinajstić information content (AvgIpc) is 2.86. The van der Waals surface area contributed by atoms with Crippen LogP contribution in [0.15, 0.2) is 51.8 Å². The van der Waals surface area contributed by atoms with Crippen molar-refractivity contribution in [3.8, 4) is 23.0 Å². The van der Waals surface area contributed by atoms with Gasteiger partial charge >= 0.3 is 6.01 Å². The second kappa shape index (κ2) is 11.5. The van der Waals surface area contributed by atoms with E-state index in [9.17, 15) is 8.42 Å². The fourth-order valence-electron chi connectivity index (χ4n) is 2.07. The Hall–Kier alpha value is -2.35. The van der Waals surface area contributed by atoms with Gasteiger partial charge in [-0.25, -0.2) is 19.9 Å². The molecule has 0 amide bonds. The third-order valence-corrected chi connectivity index (χ3v) is 4.98. The number of nitrogens with one attached hydrogen (secondary N) is 2. The molecule has 0 saturated heterocycles. The Morgan fingerprint density at radius 2 is 1.78 bits per heavy atom. The molecule has 10 nitrogen and oxygen atoms in total. The first-order valence-corrected chi connectivity index (χ1v) is 11.8. The van der Waals surface area contributed by atoms with E-state index in [0.29, 0.717) is 4.47 Å². The van der Waals surface area contributed by atoms with E-state index >= 15 is 0 Å². The number of benzene rings is 1. The van der Waals surface area contributed by atoms with Crippen LogP contribution >= 0.6 is 31.9 Å². The summed E-state index contributed by atoms with van der Waals surface area (Å²) in [5.74, 6) is -1.12. The Labute approximate surface area is 213 Å². The topological polar surface area (TPSA) is 128 Å². The summed E-state index contributed by atoms with van der Waals surface area (Å²) in [5.41, 5.74) is -0.937. The summed E-state index contributed by atoms with van der Waals surface area (Å²) < 4.78 is 105. The summed E-state index contributed by atoms with van der Waals surface area (Å²) in [6.07, 6.45) is 3.27. The van der Waals surface area contributed by atoms with Gasteiger partial charge in [0.1, 0.15) is 19.5 Å². The van der Waals surface area contributed by atoms with Crippen LogP contribution in [0.25, 0.3) is 11.1 Å². The number of anilines is 1. The van der Waals surface area contributed by atoms with Crippen LogP contribution in [-0.4, -0.2) is 48.0 Å². The maximum absolute atomic E-state index is 12.7. The first-order valence-electron chi connectivity index (χ1n) is 12.7. The van der Waals surface area contributed by atoms with Crippen molar-refractivity contribution in [3.05, 3.63) is 51.8 Å². The molecule has 0 saturated carbocycles. The van der Waals surface area contributed by atoms with Gasteiger partial charge in [-0.15, -0.1) is 0 Å². The molecule has 0 aliphatic heterocycles. The number of aromatic nitrogens is 4. The van der Waals surface area contributed by atoms with E-state index in [0.717, 1.165) is 6.33 Å². The van der Waals surface area contributed by atoms with Crippen molar-refractivity contribution in [3.63, 3.8) is 0 Å². The highest BCUT2D eigenvalue weighted by atomic mass is 79.9. The Bertz CT molecular complexity index is 1490. The zero-order valence-corrected chi connectivity index (χ0v) is 20.2. The molecule has 2 aromatic heterocycles. The molecule has 0 atom stereocenters. The zero-order chi connectivity index (χ0) is 30.0. The van der Waals surface area contributed by atoms with E-state index in [1.807, 2.05) is 4.72 Å². The molecule has 3 rings (SSSR count). The molecular formula is C19H20Br2N6O4S. The lowest BCUT2D eigenvalue weighted by molar-refractivity contribution is 0.202. The van der Waals surface area contributed by atoms with Crippen molar-refractivity contribution in [1.29, 1.82) is 0 Å². The minimum absolute atomic E-state index is 0.162. The third-order valence-electron chi connectivity index (χ3n) is 3.30. The Morgan fingerprint density at radius 1 is 1.06 bits per heavy atom. The minimum Gasteiger partial charge on any atom is -0.473 e. The molecule has 32 heavy (non-hydrogen) atoms. The first-order chi connectivity index (χ1) is 18.5. The first kappa shape index (κ1) is 15.5. The van der Waals surface area contributed by atoms with Crippen LogP contribution in [0, 0.1) is 0 Å². The summed E-state index contributed by atoms with van der Waals surface area (Å²) in [7, 11) is -4.66. The Balaban J connectivity index is 2.11. The second-order valence-corrected chi connectivity index (χ2v) is 8.67. The van der Waals surface area contributed by atoms with Crippen molar-refractivity contribution in [2.45, 2.75) is 13.3 Å². The molecular weight excluding hydrogens is 568 g/mol. The number of hydrogen-bond donors (Lipinski definition) is 2. The van der Waals surface area contributed by atoms with Crippen LogP contribution in [0.5, 0.6) is 11.9 Å². The average molecular weight is 596 g/mol. The van der Waals surface area contributed by atoms with Crippen molar-refractivity contribution < 1.29 is 28.9 Å². The number of nitrogens with zero attached hydrogens (tertiary/aromatic N) is 4. The maximum Gasteiger partial charge on any atom is 0.316 e. The van der Waals surface area contributed by atoms with E-state index in [1.54, 1.807) is 4.72 Å². The van der Waals surface area contributed by atoms with Gasteiger partial charge in [0.2, 0.25) is 5.88 Å². The van der Waals surface area contributed by atoms with Gasteiger partial charge in [0.15, 0.2) is 5.82 Å². The number of ether oxygens (including phenoxy) is 2. The fraction of sp³-hybridized carbons (Fsp3) is 0.263. The Kier molecular flexibility index (Phi) is 5.56. The van der Waals surface area contributed by atoms with Crippen molar-refractivity contribution in [2.24, 2.45) is 0 Å². The molecule has 2 N–H and O–H groups in total. The van der Waals surface area contributed by atoms with Crippen LogP contribution in [0.3, 0.4) is 0 Å². The normalized spacial score (nSPS) is 15.7. The van der Waals surface area contributed by atoms with Crippen molar-refractivity contribution in [1.82, 2.24) is 24.7 Å². The van der Waals surface area contributed by atoms with Crippen LogP contribution in [0.4, 0.5) is 5.82 Å². The molecule has 1 aromatic carbocycles. The summed E-state index contributed by atoms with van der Waals surface area (Å²) in [4.78, 5) is 15.4. The van der Waals surface area contributed by atoms with Crippen LogP contribution in [-0.2, 0) is 10.2 Å². The van der Waals surface area contributed by atoms with Gasteiger partial charge in [-0.2, -0.15) is 13.1 Å². The minimum atomic E-state index is -4.66. The summed E-state index contributed by atoms with van der Waals surface area (Å²) in [5, 5.41) is 0. The van der Waals surface area contributed by atoms with Gasteiger partial charge in [-0.3, -0.25) is 4.72 Å². The SMILES string of the molecule is [2H]c1c([2H])c(-c2c(NS(=O)(=O)NC([2H])([2H])CC)ncnc2OCC([2H])([2H])Oc2ncc(Br)cn2)c([2H])c([2H])c1Br. The summed E-state index contributed by atoms with van der Waals surface area (Å²) in [6.45, 7) is -4.38. The lowest BCUT2D eigenvalue weighted by atomic mass is 10.1. The molecule has 13 heteroatoms. The van der Waals surface area contributed by atoms with Gasteiger partial charge in [-0.05, 0) is 40.0 Å². The van der Waals surface area contributed by atoms with E-state index in [2.05, 4.69) is 51.8 Å². The molecule has 0 bridgehead atoms. The van der Waals surface area contributed by atoms with Gasteiger partial charge in [-0.1, -0.05) is 34.9 Å². The molecule has 0 aliphatic rings. The Morgan fingerprint density at radius 3 is 2.47 bits per heavy atom. The predicted molar refractivity (Wildman–Crippen MR) is 127 cm³/mol. The smallest absolute Gasteiger partial charge is 0.316 e. The van der Waals surface area contributed by atoms with Gasteiger partial charge < -0.3 is 9.47 Å². The highest BCUT2D eigenvalue weighted by Crippen LogP contribution is 2.34. The van der Waals surface area contributed by atoms with E-state index < -0.39 is 76.9 Å². The van der Waals surface area contributed by atoms with Crippen LogP contribution in [0.2, 0.25) is 0 Å². The number of rotatable bonds is 11. The second-order valence-electron chi connectivity index (χ2n) is 5.55. The number of hydrogen-bond acceptors (Lipinski definition) is 8. The standard InChI is InChI=1S/C19H20Br2N6O4S/c1-2-7-26-32(28,29)27-17-16(13-3-5-14(20)6-4-13)18(25-12-24-17)30-8-9-31-19-22-10-15(21)11-23-19/h3-6,10-12,26H,2,7-9H2,1H3,(H,24,25,27)/i3D,4D,5D,6D,7D2,9D2. The lowest BCUT2D eigenvalue weighted by Gasteiger charge is -2.15. The lowest BCUT2D eigenvalue weighted by Crippen LogP contribution is -2.31. The molecule has 2 heterocycles. The molecule has 0 unspecified atom stereocenters. The molecule has 3 aromatic rings. The monoisotopic (exact) mass is 594 g/mol. The van der Waals surface area contributed by atoms with Crippen molar-refractivity contribution >= 4 is 47.9 Å². The van der Waals surface area contributed by atoms with Gasteiger partial charge in [0.25, 0.3) is 10.2 Å². The fourth-order valence-corrected chi connectivity index (χ4v) is 3.27. The summed E-state index contributed by atoms with van der Waals surface area (Å²) in [6, 6.07) is -2.58. The molecule has 0 spiro atoms. The molecule has 0 radical (unpaired) electrons. The highest BCUT2D eigenvalue weighted by molar-refractivity contribution is 9.10. The van der Waals surface area contributed by atoms with Crippen LogP contribution < -0.4 is 18.9 Å². The predicted octanol–water partition coefficient (Wildman–Crippen LogP) is 3.57. The quantitative estimate of drug-likeness (QED) is 0.344. The highest BCUT2D eigenvalue weighted by Gasteiger charge is 2.19. The molecule has 0 fully saturated rings. The van der Waals surface area contributed by atoms with Gasteiger partial charge in [0, 0.05) is 26.1 Å². The van der Waals surface area contributed by atoms with Gasteiger partial charge in [0.05, 0.1) is 18.3 Å². The number of halogens is 2. The van der Waals surface area contributed by atoms with E-state index in [-0.39, 0.29) is 16.9 Å². The van der Waals surface area contributed by atoms with Crippen molar-refractivity contribution in [2.75, 3.05) is 24.4 Å². The van der Waals surface area contributed by atoms with E-state index in [4.69, 9.17) is 20.4 Å². The summed E-state index contributed by atoms with van der Waals surface area (Å²) >= 11 is 6.13. The van der Waals surface area contributed by atoms with E-state index in [1.165, 1.54) is 19.3 Å². The largest absolute Gasteiger partial charge is 0.473 e. The molecule has 170 valence electrons. The zero-order valence-electron chi connectivity index (χ0n) is 24.2. The molecule has 0 aliphatic carbocycles. The third kappa shape index (κ3) is 7.08. The van der Waals surface area contributed by atoms with Crippen LogP contribution in [0.1, 0.15) is 24.3 Å².